The molecule has 1 fully saturated rings. The number of rotatable bonds is 6. The van der Waals surface area contributed by atoms with Crippen LogP contribution in [-0.2, 0) is 4.74 Å². The molecule has 0 spiro atoms. The number of aromatic nitrogens is 1. The van der Waals surface area contributed by atoms with Crippen molar-refractivity contribution < 1.29 is 18.7 Å². The van der Waals surface area contributed by atoms with Crippen LogP contribution in [0.3, 0.4) is 0 Å². The second-order valence-corrected chi connectivity index (χ2v) is 8.34. The molecule has 1 N–H and O–H groups in total. The first-order chi connectivity index (χ1) is 13.7. The number of nitrogens with one attached hydrogen (secondary N) is 1. The van der Waals surface area contributed by atoms with Crippen molar-refractivity contribution in [2.45, 2.75) is 39.2 Å². The Morgan fingerprint density at radius 3 is 2.59 bits per heavy atom. The lowest BCUT2D eigenvalue weighted by atomic mass is 10.1. The number of benzene rings is 1. The number of hydrogen-bond acceptors (Lipinski definition) is 5. The van der Waals surface area contributed by atoms with E-state index in [1.54, 1.807) is 30.3 Å². The van der Waals surface area contributed by atoms with Gasteiger partial charge in [0, 0.05) is 17.5 Å². The largest absolute Gasteiger partial charge is 0.491 e. The number of carbonyl (C=O) groups is 1. The molecular weight excluding hydrogens is 373 g/mol. The minimum absolute atomic E-state index is 0.139. The van der Waals surface area contributed by atoms with Crippen LogP contribution in [0, 0.1) is 22.7 Å². The summed E-state index contributed by atoms with van der Waals surface area (Å²) in [7, 11) is 0. The van der Waals surface area contributed by atoms with E-state index in [0.29, 0.717) is 35.6 Å². The first-order valence-corrected chi connectivity index (χ1v) is 9.45. The molecule has 2 aromatic rings. The molecule has 29 heavy (non-hydrogen) atoms. The van der Waals surface area contributed by atoms with Gasteiger partial charge in [-0.15, -0.1) is 0 Å². The van der Waals surface area contributed by atoms with Crippen molar-refractivity contribution in [3.8, 4) is 22.9 Å². The van der Waals surface area contributed by atoms with Gasteiger partial charge >= 0.3 is 6.09 Å². The molecule has 0 atom stereocenters. The highest BCUT2D eigenvalue weighted by Crippen LogP contribution is 2.45. The fourth-order valence-electron chi connectivity index (χ4n) is 2.79. The van der Waals surface area contributed by atoms with E-state index >= 15 is 0 Å². The van der Waals surface area contributed by atoms with Gasteiger partial charge in [0.1, 0.15) is 11.4 Å². The summed E-state index contributed by atoms with van der Waals surface area (Å²) in [5, 5.41) is 11.7. The zero-order chi connectivity index (χ0) is 21.1. The fourth-order valence-corrected chi connectivity index (χ4v) is 2.79. The third-order valence-corrected chi connectivity index (χ3v) is 4.65. The van der Waals surface area contributed by atoms with Crippen molar-refractivity contribution in [3.63, 3.8) is 0 Å². The summed E-state index contributed by atoms with van der Waals surface area (Å²) in [6.07, 6.45) is 2.76. The lowest BCUT2D eigenvalue weighted by Gasteiger charge is -2.22. The van der Waals surface area contributed by atoms with Crippen LogP contribution < -0.4 is 10.1 Å². The highest BCUT2D eigenvalue weighted by Gasteiger charge is 2.44. The summed E-state index contributed by atoms with van der Waals surface area (Å²) in [6.45, 7) is 6.29. The lowest BCUT2D eigenvalue weighted by molar-refractivity contribution is 0.0509. The molecule has 0 saturated heterocycles. The molecule has 1 heterocycles. The minimum atomic E-state index is -0.602. The van der Waals surface area contributed by atoms with Crippen LogP contribution >= 0.6 is 0 Å². The Balaban J connectivity index is 1.61. The molecule has 6 nitrogen and oxygen atoms in total. The first-order valence-electron chi connectivity index (χ1n) is 9.45. The molecule has 0 unspecified atom stereocenters. The Kier molecular flexibility index (Phi) is 5.73. The summed E-state index contributed by atoms with van der Waals surface area (Å²) >= 11 is 0. The molecule has 1 amide bonds. The van der Waals surface area contributed by atoms with E-state index in [-0.39, 0.29) is 5.41 Å². The molecule has 1 saturated carbocycles. The quantitative estimate of drug-likeness (QED) is 0.729. The van der Waals surface area contributed by atoms with Crippen LogP contribution in [0.15, 0.2) is 36.5 Å². The predicted molar refractivity (Wildman–Crippen MR) is 106 cm³/mol. The number of nitrogens with zero attached hydrogens (tertiary/aromatic N) is 2. The smallest absolute Gasteiger partial charge is 0.407 e. The highest BCUT2D eigenvalue weighted by atomic mass is 19.1. The SMILES string of the molecule is CC(C)(C)OC(=O)NCC1(COc2cnc(F)c(-c3ccc(C#N)cc3)c2)CC1. The molecule has 1 aromatic carbocycles. The van der Waals surface area contributed by atoms with E-state index < -0.39 is 17.6 Å². The van der Waals surface area contributed by atoms with Crippen LogP contribution in [0.25, 0.3) is 11.1 Å². The topological polar surface area (TPSA) is 84.2 Å². The van der Waals surface area contributed by atoms with E-state index in [4.69, 9.17) is 14.7 Å². The maximum Gasteiger partial charge on any atom is 0.407 e. The van der Waals surface area contributed by atoms with E-state index in [1.165, 1.54) is 6.20 Å². The number of halogens is 1. The Labute approximate surface area is 169 Å². The monoisotopic (exact) mass is 397 g/mol. The highest BCUT2D eigenvalue weighted by molar-refractivity contribution is 5.67. The van der Waals surface area contributed by atoms with Gasteiger partial charge in [-0.3, -0.25) is 0 Å². The van der Waals surface area contributed by atoms with E-state index in [9.17, 15) is 9.18 Å². The van der Waals surface area contributed by atoms with Crippen LogP contribution in [0.4, 0.5) is 9.18 Å². The molecule has 0 radical (unpaired) electrons. The predicted octanol–water partition coefficient (Wildman–Crippen LogP) is 4.44. The molecule has 0 bridgehead atoms. The average molecular weight is 397 g/mol. The minimum Gasteiger partial charge on any atom is -0.491 e. The molecular formula is C22H24FN3O3. The van der Waals surface area contributed by atoms with Crippen LogP contribution in [0.2, 0.25) is 0 Å². The zero-order valence-corrected chi connectivity index (χ0v) is 16.8. The molecule has 1 aliphatic carbocycles. The van der Waals surface area contributed by atoms with Crippen molar-refractivity contribution >= 4 is 6.09 Å². The second kappa shape index (κ2) is 8.08. The van der Waals surface area contributed by atoms with Gasteiger partial charge in [-0.2, -0.15) is 9.65 Å². The van der Waals surface area contributed by atoms with Crippen molar-refractivity contribution in [2.75, 3.05) is 13.2 Å². The Morgan fingerprint density at radius 2 is 2.00 bits per heavy atom. The standard InChI is InChI=1S/C22H24FN3O3/c1-21(2,3)29-20(27)26-13-22(8-9-22)14-28-17-10-18(19(23)25-12-17)16-6-4-15(11-24)5-7-16/h4-7,10,12H,8-9,13-14H2,1-3H3,(H,26,27). The lowest BCUT2D eigenvalue weighted by Crippen LogP contribution is -2.37. The number of hydrogen-bond donors (Lipinski definition) is 1. The maximum atomic E-state index is 14.2. The van der Waals surface area contributed by atoms with Gasteiger partial charge in [0.05, 0.1) is 24.4 Å². The van der Waals surface area contributed by atoms with E-state index in [1.807, 2.05) is 26.8 Å². The molecule has 1 aliphatic rings. The van der Waals surface area contributed by atoms with Crippen molar-refractivity contribution in [2.24, 2.45) is 5.41 Å². The average Bonchev–Trinajstić information content (AvgIpc) is 3.45. The summed E-state index contributed by atoms with van der Waals surface area (Å²) < 4.78 is 25.3. The maximum absolute atomic E-state index is 14.2. The number of ether oxygens (including phenoxy) is 2. The van der Waals surface area contributed by atoms with Gasteiger partial charge in [-0.25, -0.2) is 9.78 Å². The van der Waals surface area contributed by atoms with Gasteiger partial charge in [-0.1, -0.05) is 12.1 Å². The second-order valence-electron chi connectivity index (χ2n) is 8.34. The number of amides is 1. The van der Waals surface area contributed by atoms with Crippen LogP contribution in [0.5, 0.6) is 5.75 Å². The van der Waals surface area contributed by atoms with Gasteiger partial charge in [0.15, 0.2) is 0 Å². The molecule has 1 aromatic heterocycles. The Morgan fingerprint density at radius 1 is 1.31 bits per heavy atom. The van der Waals surface area contributed by atoms with Gasteiger partial charge in [0.25, 0.3) is 0 Å². The van der Waals surface area contributed by atoms with E-state index in [2.05, 4.69) is 10.3 Å². The number of pyridine rings is 1. The molecule has 7 heteroatoms. The Bertz CT molecular complexity index is 926. The number of alkyl carbamates (subject to hydrolysis) is 1. The van der Waals surface area contributed by atoms with E-state index in [0.717, 1.165) is 12.8 Å². The summed E-state index contributed by atoms with van der Waals surface area (Å²) in [5.41, 5.74) is 0.748. The molecule has 152 valence electrons. The first kappa shape index (κ1) is 20.6. The normalized spacial score (nSPS) is 14.6. The fraction of sp³-hybridized carbons (Fsp3) is 0.409. The third-order valence-electron chi connectivity index (χ3n) is 4.65. The number of nitriles is 1. The van der Waals surface area contributed by atoms with Crippen LogP contribution in [0.1, 0.15) is 39.2 Å². The summed E-state index contributed by atoms with van der Waals surface area (Å²) in [5.74, 6) is -0.149. The zero-order valence-electron chi connectivity index (χ0n) is 16.8. The van der Waals surface area contributed by atoms with Crippen molar-refractivity contribution in [3.05, 3.63) is 48.0 Å². The van der Waals surface area contributed by atoms with Crippen molar-refractivity contribution in [1.29, 1.82) is 5.26 Å². The molecule has 0 aliphatic heterocycles. The van der Waals surface area contributed by atoms with Gasteiger partial charge in [-0.05, 0) is 57.4 Å². The van der Waals surface area contributed by atoms with Gasteiger partial charge in [0.2, 0.25) is 5.95 Å². The van der Waals surface area contributed by atoms with Crippen molar-refractivity contribution in [1.82, 2.24) is 10.3 Å². The summed E-state index contributed by atoms with van der Waals surface area (Å²) in [6, 6.07) is 10.2. The summed E-state index contributed by atoms with van der Waals surface area (Å²) in [4.78, 5) is 15.6. The third kappa shape index (κ3) is 5.67. The number of carbonyl (C=O) groups excluding carboxylic acids is 1. The Hall–Kier alpha value is -3.14. The van der Waals surface area contributed by atoms with Crippen LogP contribution in [-0.4, -0.2) is 29.8 Å². The van der Waals surface area contributed by atoms with Gasteiger partial charge < -0.3 is 14.8 Å². The molecule has 3 rings (SSSR count).